The van der Waals surface area contributed by atoms with Gasteiger partial charge in [-0.05, 0) is 49.4 Å². The number of nitrogens with zero attached hydrogens (tertiary/aromatic N) is 2. The summed E-state index contributed by atoms with van der Waals surface area (Å²) >= 11 is 0. The van der Waals surface area contributed by atoms with Crippen molar-refractivity contribution < 1.29 is 4.74 Å². The topological polar surface area (TPSA) is 27.1 Å². The van der Waals surface area contributed by atoms with Gasteiger partial charge in [0.25, 0.3) is 0 Å². The third-order valence-corrected chi connectivity index (χ3v) is 4.75. The van der Waals surface area contributed by atoms with Crippen LogP contribution in [-0.2, 0) is 13.0 Å². The average molecular weight is 332 g/mol. The van der Waals surface area contributed by atoms with Gasteiger partial charge in [0, 0.05) is 12.5 Å². The van der Waals surface area contributed by atoms with Gasteiger partial charge in [0.2, 0.25) is 0 Å². The second-order valence-corrected chi connectivity index (χ2v) is 6.69. The molecular weight excluding hydrogens is 308 g/mol. The van der Waals surface area contributed by atoms with Gasteiger partial charge >= 0.3 is 0 Å². The standard InChI is InChI=1S/C22H24N2O/c1-2-8-17-9-3-6-12-21(17)25-16-7-15-24-20-11-5-4-10-19(20)23-22(24)18-13-14-18/h2-6,9-12,18H,1,7-8,13-16H2. The minimum atomic E-state index is 0.654. The van der Waals surface area contributed by atoms with E-state index in [4.69, 9.17) is 9.72 Å². The molecule has 0 unspecified atom stereocenters. The molecule has 0 amide bonds. The van der Waals surface area contributed by atoms with Crippen molar-refractivity contribution in [3.63, 3.8) is 0 Å². The first-order chi connectivity index (χ1) is 12.4. The number of imidazole rings is 1. The fraction of sp³-hybridized carbons (Fsp3) is 0.318. The van der Waals surface area contributed by atoms with Gasteiger partial charge in [-0.3, -0.25) is 0 Å². The summed E-state index contributed by atoms with van der Waals surface area (Å²) in [4.78, 5) is 4.86. The second-order valence-electron chi connectivity index (χ2n) is 6.69. The van der Waals surface area contributed by atoms with E-state index in [0.717, 1.165) is 30.7 Å². The van der Waals surface area contributed by atoms with E-state index in [0.29, 0.717) is 12.5 Å². The zero-order valence-corrected chi connectivity index (χ0v) is 14.5. The molecule has 0 atom stereocenters. The Hall–Kier alpha value is -2.55. The van der Waals surface area contributed by atoms with Crippen LogP contribution >= 0.6 is 0 Å². The highest BCUT2D eigenvalue weighted by Gasteiger charge is 2.29. The maximum atomic E-state index is 6.03. The molecule has 1 heterocycles. The van der Waals surface area contributed by atoms with E-state index in [1.165, 1.54) is 29.7 Å². The normalized spacial score (nSPS) is 13.9. The van der Waals surface area contributed by atoms with Gasteiger partial charge in [0.05, 0.1) is 17.6 Å². The van der Waals surface area contributed by atoms with Crippen molar-refractivity contribution in [1.29, 1.82) is 0 Å². The molecule has 1 saturated carbocycles. The van der Waals surface area contributed by atoms with Crippen LogP contribution in [0.15, 0.2) is 61.2 Å². The van der Waals surface area contributed by atoms with Crippen molar-refractivity contribution >= 4 is 11.0 Å². The van der Waals surface area contributed by atoms with Gasteiger partial charge in [-0.15, -0.1) is 6.58 Å². The molecule has 0 radical (unpaired) electrons. The second kappa shape index (κ2) is 7.14. The van der Waals surface area contributed by atoms with Crippen molar-refractivity contribution in [2.45, 2.75) is 38.1 Å². The van der Waals surface area contributed by atoms with E-state index in [2.05, 4.69) is 41.5 Å². The van der Waals surface area contributed by atoms with Crippen LogP contribution in [0.25, 0.3) is 11.0 Å². The SMILES string of the molecule is C=CCc1ccccc1OCCCn1c(C2CC2)nc2ccccc21. The summed E-state index contributed by atoms with van der Waals surface area (Å²) in [6.45, 7) is 5.49. The average Bonchev–Trinajstić information content (AvgIpc) is 3.42. The fourth-order valence-corrected chi connectivity index (χ4v) is 3.36. The van der Waals surface area contributed by atoms with Crippen molar-refractivity contribution in [2.24, 2.45) is 0 Å². The first-order valence-electron chi connectivity index (χ1n) is 9.13. The minimum Gasteiger partial charge on any atom is -0.493 e. The van der Waals surface area contributed by atoms with Crippen LogP contribution in [0.2, 0.25) is 0 Å². The van der Waals surface area contributed by atoms with E-state index in [-0.39, 0.29) is 0 Å². The number of ether oxygens (including phenoxy) is 1. The van der Waals surface area contributed by atoms with Gasteiger partial charge < -0.3 is 9.30 Å². The van der Waals surface area contributed by atoms with Crippen LogP contribution < -0.4 is 4.74 Å². The van der Waals surface area contributed by atoms with Crippen LogP contribution in [0.3, 0.4) is 0 Å². The summed E-state index contributed by atoms with van der Waals surface area (Å²) < 4.78 is 8.43. The predicted molar refractivity (Wildman–Crippen MR) is 102 cm³/mol. The molecule has 4 rings (SSSR count). The maximum absolute atomic E-state index is 6.03. The van der Waals surface area contributed by atoms with Gasteiger partial charge in [0.1, 0.15) is 11.6 Å². The Morgan fingerprint density at radius 2 is 1.92 bits per heavy atom. The molecule has 1 aromatic heterocycles. The van der Waals surface area contributed by atoms with E-state index >= 15 is 0 Å². The zero-order chi connectivity index (χ0) is 17.1. The molecular formula is C22H24N2O. The van der Waals surface area contributed by atoms with Gasteiger partial charge in [-0.1, -0.05) is 36.4 Å². The highest BCUT2D eigenvalue weighted by Crippen LogP contribution is 2.40. The van der Waals surface area contributed by atoms with Crippen LogP contribution in [0.1, 0.15) is 36.6 Å². The van der Waals surface area contributed by atoms with Crippen LogP contribution in [0, 0.1) is 0 Å². The van der Waals surface area contributed by atoms with Gasteiger partial charge in [0.15, 0.2) is 0 Å². The number of hydrogen-bond acceptors (Lipinski definition) is 2. The number of benzene rings is 2. The van der Waals surface area contributed by atoms with E-state index in [1.807, 2.05) is 24.3 Å². The summed E-state index contributed by atoms with van der Waals surface area (Å²) in [7, 11) is 0. The summed E-state index contributed by atoms with van der Waals surface area (Å²) in [5.41, 5.74) is 3.56. The van der Waals surface area contributed by atoms with Crippen molar-refractivity contribution in [3.05, 3.63) is 72.6 Å². The monoisotopic (exact) mass is 332 g/mol. The molecule has 3 heteroatoms. The lowest BCUT2D eigenvalue weighted by atomic mass is 10.1. The first-order valence-corrected chi connectivity index (χ1v) is 9.13. The quantitative estimate of drug-likeness (QED) is 0.423. The number of allylic oxidation sites excluding steroid dienone is 1. The molecule has 0 saturated heterocycles. The van der Waals surface area contributed by atoms with E-state index in [1.54, 1.807) is 0 Å². The Morgan fingerprint density at radius 1 is 1.12 bits per heavy atom. The zero-order valence-electron chi connectivity index (χ0n) is 14.5. The highest BCUT2D eigenvalue weighted by atomic mass is 16.5. The highest BCUT2D eigenvalue weighted by molar-refractivity contribution is 5.76. The molecule has 1 aliphatic rings. The summed E-state index contributed by atoms with van der Waals surface area (Å²) in [5, 5.41) is 0. The van der Waals surface area contributed by atoms with Crippen LogP contribution in [0.5, 0.6) is 5.75 Å². The van der Waals surface area contributed by atoms with Crippen molar-refractivity contribution in [1.82, 2.24) is 9.55 Å². The molecule has 1 fully saturated rings. The smallest absolute Gasteiger partial charge is 0.122 e. The lowest BCUT2D eigenvalue weighted by Gasteiger charge is -2.12. The Morgan fingerprint density at radius 3 is 2.76 bits per heavy atom. The minimum absolute atomic E-state index is 0.654. The number of fused-ring (bicyclic) bond motifs is 1. The van der Waals surface area contributed by atoms with Gasteiger partial charge in [-0.25, -0.2) is 4.98 Å². The lowest BCUT2D eigenvalue weighted by molar-refractivity contribution is 0.299. The third kappa shape index (κ3) is 3.46. The number of para-hydroxylation sites is 3. The summed E-state index contributed by atoms with van der Waals surface area (Å²) in [6.07, 6.45) is 6.28. The maximum Gasteiger partial charge on any atom is 0.122 e. The number of aromatic nitrogens is 2. The number of rotatable bonds is 8. The molecule has 0 aliphatic heterocycles. The molecule has 1 aliphatic carbocycles. The van der Waals surface area contributed by atoms with Crippen molar-refractivity contribution in [2.75, 3.05) is 6.61 Å². The van der Waals surface area contributed by atoms with E-state index < -0.39 is 0 Å². The summed E-state index contributed by atoms with van der Waals surface area (Å²) in [5.74, 6) is 2.88. The Kier molecular flexibility index (Phi) is 4.55. The molecule has 25 heavy (non-hydrogen) atoms. The van der Waals surface area contributed by atoms with Crippen molar-refractivity contribution in [3.8, 4) is 5.75 Å². The largest absolute Gasteiger partial charge is 0.493 e. The fourth-order valence-electron chi connectivity index (χ4n) is 3.36. The molecule has 0 spiro atoms. The Labute approximate surface area is 149 Å². The first kappa shape index (κ1) is 15.9. The number of aryl methyl sites for hydroxylation is 1. The van der Waals surface area contributed by atoms with E-state index in [9.17, 15) is 0 Å². The Bertz CT molecular complexity index is 877. The van der Waals surface area contributed by atoms with Gasteiger partial charge in [-0.2, -0.15) is 0 Å². The van der Waals surface area contributed by atoms with Crippen LogP contribution in [-0.4, -0.2) is 16.2 Å². The molecule has 3 nitrogen and oxygen atoms in total. The molecule has 2 aromatic carbocycles. The molecule has 3 aromatic rings. The number of hydrogen-bond donors (Lipinski definition) is 0. The molecule has 0 bridgehead atoms. The molecule has 0 N–H and O–H groups in total. The third-order valence-electron chi connectivity index (χ3n) is 4.75. The lowest BCUT2D eigenvalue weighted by Crippen LogP contribution is -2.08. The van der Waals surface area contributed by atoms with Crippen LogP contribution in [0.4, 0.5) is 0 Å². The Balaban J connectivity index is 1.43. The molecule has 128 valence electrons. The summed E-state index contributed by atoms with van der Waals surface area (Å²) in [6, 6.07) is 16.7. The predicted octanol–water partition coefficient (Wildman–Crippen LogP) is 5.11.